The molecule has 0 fully saturated rings. The molecule has 3 N–H and O–H groups in total. The van der Waals surface area contributed by atoms with Crippen LogP contribution >= 0.6 is 0 Å². The van der Waals surface area contributed by atoms with Crippen molar-refractivity contribution in [1.82, 2.24) is 0 Å². The highest BCUT2D eigenvalue weighted by Crippen LogP contribution is 2.20. The van der Waals surface area contributed by atoms with Crippen molar-refractivity contribution in [2.45, 2.75) is 13.0 Å². The molecule has 0 amide bonds. The normalized spacial score (nSPS) is 12.1. The van der Waals surface area contributed by atoms with Crippen molar-refractivity contribution >= 4 is 11.4 Å². The number of halogens is 1. The fourth-order valence-corrected chi connectivity index (χ4v) is 1.69. The third-order valence-corrected chi connectivity index (χ3v) is 2.64. The number of nitrogens with one attached hydrogen (secondary N) is 1. The maximum atomic E-state index is 13.1. The van der Waals surface area contributed by atoms with Crippen LogP contribution in [-0.2, 0) is 0 Å². The van der Waals surface area contributed by atoms with Crippen molar-refractivity contribution in [1.29, 1.82) is 0 Å². The molecule has 0 bridgehead atoms. The quantitative estimate of drug-likeness (QED) is 0.791. The van der Waals surface area contributed by atoms with Crippen LogP contribution in [0.5, 0.6) is 0 Å². The Kier molecular flexibility index (Phi) is 3.28. The highest BCUT2D eigenvalue weighted by Gasteiger charge is 2.05. The third kappa shape index (κ3) is 2.97. The standard InChI is InChI=1S/C14H15FN2/c1-10(11-3-2-4-12(15)9-11)17-14-7-5-13(16)6-8-14/h2-10,17H,16H2,1H3. The number of anilines is 2. The summed E-state index contributed by atoms with van der Waals surface area (Å²) >= 11 is 0. The highest BCUT2D eigenvalue weighted by atomic mass is 19.1. The van der Waals surface area contributed by atoms with E-state index in [1.165, 1.54) is 12.1 Å². The van der Waals surface area contributed by atoms with Crippen LogP contribution in [0.4, 0.5) is 15.8 Å². The summed E-state index contributed by atoms with van der Waals surface area (Å²) in [4.78, 5) is 0. The summed E-state index contributed by atoms with van der Waals surface area (Å²) in [6, 6.07) is 14.1. The molecule has 0 aliphatic carbocycles. The van der Waals surface area contributed by atoms with Gasteiger partial charge in [-0.15, -0.1) is 0 Å². The molecule has 0 heterocycles. The lowest BCUT2D eigenvalue weighted by Crippen LogP contribution is -2.06. The number of nitrogens with two attached hydrogens (primary N) is 1. The van der Waals surface area contributed by atoms with Crippen LogP contribution in [-0.4, -0.2) is 0 Å². The molecule has 17 heavy (non-hydrogen) atoms. The molecule has 2 nitrogen and oxygen atoms in total. The first-order valence-corrected chi connectivity index (χ1v) is 5.53. The average Bonchev–Trinajstić information content (AvgIpc) is 2.32. The van der Waals surface area contributed by atoms with E-state index < -0.39 is 0 Å². The highest BCUT2D eigenvalue weighted by molar-refractivity contribution is 5.52. The molecule has 0 aliphatic heterocycles. The molecular formula is C14H15FN2. The maximum absolute atomic E-state index is 13.1. The Hall–Kier alpha value is -2.03. The van der Waals surface area contributed by atoms with Crippen molar-refractivity contribution in [3.63, 3.8) is 0 Å². The van der Waals surface area contributed by atoms with Crippen molar-refractivity contribution in [2.24, 2.45) is 0 Å². The molecule has 88 valence electrons. The molecule has 0 saturated heterocycles. The van der Waals surface area contributed by atoms with Gasteiger partial charge in [-0.1, -0.05) is 12.1 Å². The molecule has 2 rings (SSSR count). The molecule has 0 radical (unpaired) electrons. The topological polar surface area (TPSA) is 38.0 Å². The van der Waals surface area contributed by atoms with Gasteiger partial charge in [0.1, 0.15) is 5.82 Å². The Morgan fingerprint density at radius 1 is 1.12 bits per heavy atom. The summed E-state index contributed by atoms with van der Waals surface area (Å²) in [5, 5.41) is 3.29. The second-order valence-corrected chi connectivity index (χ2v) is 4.04. The molecule has 0 aliphatic rings. The third-order valence-electron chi connectivity index (χ3n) is 2.64. The van der Waals surface area contributed by atoms with Gasteiger partial charge in [0.2, 0.25) is 0 Å². The zero-order valence-electron chi connectivity index (χ0n) is 9.65. The van der Waals surface area contributed by atoms with Gasteiger partial charge in [-0.3, -0.25) is 0 Å². The van der Waals surface area contributed by atoms with E-state index >= 15 is 0 Å². The van der Waals surface area contributed by atoms with E-state index in [-0.39, 0.29) is 11.9 Å². The van der Waals surface area contributed by atoms with Crippen LogP contribution in [0.1, 0.15) is 18.5 Å². The first-order chi connectivity index (χ1) is 8.15. The van der Waals surface area contributed by atoms with Gasteiger partial charge in [0.15, 0.2) is 0 Å². The van der Waals surface area contributed by atoms with E-state index in [4.69, 9.17) is 5.73 Å². The fourth-order valence-electron chi connectivity index (χ4n) is 1.69. The van der Waals surface area contributed by atoms with Gasteiger partial charge >= 0.3 is 0 Å². The van der Waals surface area contributed by atoms with Crippen LogP contribution in [0.2, 0.25) is 0 Å². The number of nitrogen functional groups attached to an aromatic ring is 1. The summed E-state index contributed by atoms with van der Waals surface area (Å²) in [5.41, 5.74) is 8.23. The first kappa shape index (κ1) is 11.5. The van der Waals surface area contributed by atoms with Crippen molar-refractivity contribution in [2.75, 3.05) is 11.1 Å². The second-order valence-electron chi connectivity index (χ2n) is 4.04. The molecule has 2 aromatic rings. The van der Waals surface area contributed by atoms with Crippen LogP contribution in [0.15, 0.2) is 48.5 Å². The molecule has 0 spiro atoms. The van der Waals surface area contributed by atoms with Gasteiger partial charge in [0.05, 0.1) is 0 Å². The number of hydrogen-bond acceptors (Lipinski definition) is 2. The minimum atomic E-state index is -0.214. The lowest BCUT2D eigenvalue weighted by Gasteiger charge is -2.15. The first-order valence-electron chi connectivity index (χ1n) is 5.53. The largest absolute Gasteiger partial charge is 0.399 e. The summed E-state index contributed by atoms with van der Waals surface area (Å²) < 4.78 is 13.1. The Labute approximate surface area is 100 Å². The zero-order chi connectivity index (χ0) is 12.3. The smallest absolute Gasteiger partial charge is 0.123 e. The lowest BCUT2D eigenvalue weighted by atomic mass is 10.1. The maximum Gasteiger partial charge on any atom is 0.123 e. The van der Waals surface area contributed by atoms with Crippen molar-refractivity contribution in [3.05, 3.63) is 59.9 Å². The van der Waals surface area contributed by atoms with E-state index in [1.807, 2.05) is 37.3 Å². The predicted octanol–water partition coefficient (Wildman–Crippen LogP) is 3.58. The fraction of sp³-hybridized carbons (Fsp3) is 0.143. The van der Waals surface area contributed by atoms with Crippen LogP contribution in [0.3, 0.4) is 0 Å². The Bertz CT molecular complexity index is 494. The lowest BCUT2D eigenvalue weighted by molar-refractivity contribution is 0.623. The van der Waals surface area contributed by atoms with Crippen LogP contribution in [0.25, 0.3) is 0 Å². The number of rotatable bonds is 3. The second kappa shape index (κ2) is 4.87. The van der Waals surface area contributed by atoms with E-state index in [0.717, 1.165) is 16.9 Å². The van der Waals surface area contributed by atoms with Crippen LogP contribution < -0.4 is 11.1 Å². The Morgan fingerprint density at radius 2 is 1.82 bits per heavy atom. The summed E-state index contributed by atoms with van der Waals surface area (Å²) in [6.45, 7) is 1.99. The molecule has 2 aromatic carbocycles. The summed E-state index contributed by atoms with van der Waals surface area (Å²) in [5.74, 6) is -0.214. The van der Waals surface area contributed by atoms with E-state index in [1.54, 1.807) is 6.07 Å². The van der Waals surface area contributed by atoms with Gasteiger partial charge in [0.25, 0.3) is 0 Å². The van der Waals surface area contributed by atoms with E-state index in [2.05, 4.69) is 5.32 Å². The Morgan fingerprint density at radius 3 is 2.47 bits per heavy atom. The molecule has 1 unspecified atom stereocenters. The van der Waals surface area contributed by atoms with Gasteiger partial charge in [-0.25, -0.2) is 4.39 Å². The van der Waals surface area contributed by atoms with Gasteiger partial charge in [-0.2, -0.15) is 0 Å². The predicted molar refractivity (Wildman–Crippen MR) is 69.3 cm³/mol. The SMILES string of the molecule is CC(Nc1ccc(N)cc1)c1cccc(F)c1. The molecule has 0 aromatic heterocycles. The minimum Gasteiger partial charge on any atom is -0.399 e. The monoisotopic (exact) mass is 230 g/mol. The minimum absolute atomic E-state index is 0.0503. The number of benzene rings is 2. The Balaban J connectivity index is 2.11. The van der Waals surface area contributed by atoms with Gasteiger partial charge in [-0.05, 0) is 48.9 Å². The molecule has 0 saturated carbocycles. The molecular weight excluding hydrogens is 215 g/mol. The van der Waals surface area contributed by atoms with E-state index in [9.17, 15) is 4.39 Å². The molecule has 3 heteroatoms. The van der Waals surface area contributed by atoms with Gasteiger partial charge in [0, 0.05) is 17.4 Å². The van der Waals surface area contributed by atoms with Gasteiger partial charge < -0.3 is 11.1 Å². The van der Waals surface area contributed by atoms with Crippen molar-refractivity contribution < 1.29 is 4.39 Å². The zero-order valence-corrected chi connectivity index (χ0v) is 9.65. The average molecular weight is 230 g/mol. The summed E-state index contributed by atoms with van der Waals surface area (Å²) in [7, 11) is 0. The van der Waals surface area contributed by atoms with Crippen LogP contribution in [0, 0.1) is 5.82 Å². The molecule has 1 atom stereocenters. The van der Waals surface area contributed by atoms with Crippen molar-refractivity contribution in [3.8, 4) is 0 Å². The summed E-state index contributed by atoms with van der Waals surface area (Å²) in [6.07, 6.45) is 0. The number of hydrogen-bond donors (Lipinski definition) is 2. The van der Waals surface area contributed by atoms with E-state index in [0.29, 0.717) is 0 Å².